The van der Waals surface area contributed by atoms with Gasteiger partial charge in [-0.3, -0.25) is 4.90 Å². The van der Waals surface area contributed by atoms with Crippen molar-refractivity contribution in [3.8, 4) is 0 Å². The highest BCUT2D eigenvalue weighted by molar-refractivity contribution is 7.92. The molecule has 2 aliphatic rings. The molecule has 2 aliphatic heterocycles. The second-order valence-corrected chi connectivity index (χ2v) is 7.38. The van der Waals surface area contributed by atoms with Crippen molar-refractivity contribution in [2.75, 3.05) is 25.4 Å². The normalized spacial score (nSPS) is 31.4. The van der Waals surface area contributed by atoms with Crippen LogP contribution in [0.15, 0.2) is 0 Å². The highest BCUT2D eigenvalue weighted by atomic mass is 32.2. The van der Waals surface area contributed by atoms with Crippen molar-refractivity contribution in [2.45, 2.75) is 31.8 Å². The van der Waals surface area contributed by atoms with E-state index in [1.807, 2.05) is 6.92 Å². The van der Waals surface area contributed by atoms with Crippen molar-refractivity contribution < 1.29 is 8.42 Å². The first-order valence-electron chi connectivity index (χ1n) is 5.92. The third kappa shape index (κ3) is 2.78. The van der Waals surface area contributed by atoms with E-state index < -0.39 is 10.0 Å². The summed E-state index contributed by atoms with van der Waals surface area (Å²) in [6, 6.07) is 0.399. The molecule has 7 heteroatoms. The molecule has 2 unspecified atom stereocenters. The van der Waals surface area contributed by atoms with Crippen molar-refractivity contribution in [3.63, 3.8) is 0 Å². The first-order chi connectivity index (χ1) is 7.90. The van der Waals surface area contributed by atoms with Crippen LogP contribution < -0.4 is 5.73 Å². The van der Waals surface area contributed by atoms with Gasteiger partial charge in [-0.2, -0.15) is 4.31 Å². The van der Waals surface area contributed by atoms with Gasteiger partial charge in [-0.1, -0.05) is 12.2 Å². The third-order valence-electron chi connectivity index (χ3n) is 3.56. The summed E-state index contributed by atoms with van der Waals surface area (Å²) in [4.78, 5) is 2.43. The Hall–Kier alpha value is -0.240. The highest BCUT2D eigenvalue weighted by Gasteiger charge is 2.39. The van der Waals surface area contributed by atoms with Crippen LogP contribution in [0.1, 0.15) is 19.8 Å². The van der Waals surface area contributed by atoms with Crippen molar-refractivity contribution in [2.24, 2.45) is 5.73 Å². The fourth-order valence-electron chi connectivity index (χ4n) is 2.81. The minimum Gasteiger partial charge on any atom is -0.392 e. The first-order valence-corrected chi connectivity index (χ1v) is 7.94. The Morgan fingerprint density at radius 1 is 1.47 bits per heavy atom. The van der Waals surface area contributed by atoms with Crippen molar-refractivity contribution in [1.82, 2.24) is 9.21 Å². The van der Waals surface area contributed by atoms with Gasteiger partial charge in [0, 0.05) is 25.2 Å². The summed E-state index contributed by atoms with van der Waals surface area (Å²) >= 11 is 4.71. The molecule has 2 rings (SSSR count). The number of rotatable bonds is 3. The summed E-state index contributed by atoms with van der Waals surface area (Å²) in [5.41, 5.74) is 5.35. The predicted octanol–water partition coefficient (Wildman–Crippen LogP) is -0.229. The minimum absolute atomic E-state index is 0.0173. The summed E-state index contributed by atoms with van der Waals surface area (Å²) in [7, 11) is -3.33. The van der Waals surface area contributed by atoms with Gasteiger partial charge in [0.25, 0.3) is 0 Å². The topological polar surface area (TPSA) is 66.6 Å². The summed E-state index contributed by atoms with van der Waals surface area (Å²) in [5.74, 6) is -0.209. The molecule has 0 aromatic carbocycles. The Kier molecular flexibility index (Phi) is 3.72. The molecule has 2 N–H and O–H groups in total. The third-order valence-corrected chi connectivity index (χ3v) is 5.79. The number of nitrogens with zero attached hydrogens (tertiary/aromatic N) is 2. The molecule has 0 bridgehead atoms. The van der Waals surface area contributed by atoms with Gasteiger partial charge in [-0.05, 0) is 26.3 Å². The molecule has 17 heavy (non-hydrogen) atoms. The first kappa shape index (κ1) is 13.2. The van der Waals surface area contributed by atoms with Crippen LogP contribution in [0.25, 0.3) is 0 Å². The quantitative estimate of drug-likeness (QED) is 0.722. The Morgan fingerprint density at radius 2 is 2.18 bits per heavy atom. The molecule has 2 heterocycles. The van der Waals surface area contributed by atoms with Gasteiger partial charge in [0.15, 0.2) is 0 Å². The van der Waals surface area contributed by atoms with Gasteiger partial charge in [-0.25, -0.2) is 8.42 Å². The average Bonchev–Trinajstić information content (AvgIpc) is 2.60. The summed E-state index contributed by atoms with van der Waals surface area (Å²) in [6.45, 7) is 4.46. The van der Waals surface area contributed by atoms with Crippen LogP contribution in [-0.4, -0.2) is 60.1 Å². The van der Waals surface area contributed by atoms with E-state index in [-0.39, 0.29) is 16.8 Å². The SMILES string of the molecule is CC1CN2CCCC2CN1S(=O)(=O)CC(N)=S. The van der Waals surface area contributed by atoms with Gasteiger partial charge in [0.05, 0.1) is 4.99 Å². The van der Waals surface area contributed by atoms with Crippen LogP contribution in [-0.2, 0) is 10.0 Å². The van der Waals surface area contributed by atoms with E-state index in [1.165, 1.54) is 6.42 Å². The molecule has 0 amide bonds. The molecule has 0 aliphatic carbocycles. The zero-order chi connectivity index (χ0) is 12.6. The van der Waals surface area contributed by atoms with Crippen LogP contribution in [0.2, 0.25) is 0 Å². The molecular formula is C10H19N3O2S2. The molecule has 98 valence electrons. The maximum atomic E-state index is 12.1. The average molecular weight is 277 g/mol. The zero-order valence-electron chi connectivity index (χ0n) is 10.0. The van der Waals surface area contributed by atoms with E-state index in [0.717, 1.165) is 19.5 Å². The fraction of sp³-hybridized carbons (Fsp3) is 0.900. The van der Waals surface area contributed by atoms with Crippen molar-refractivity contribution in [3.05, 3.63) is 0 Å². The van der Waals surface area contributed by atoms with E-state index in [1.54, 1.807) is 4.31 Å². The van der Waals surface area contributed by atoms with E-state index in [0.29, 0.717) is 12.6 Å². The number of hydrogen-bond donors (Lipinski definition) is 1. The second-order valence-electron chi connectivity index (χ2n) is 4.93. The summed E-state index contributed by atoms with van der Waals surface area (Å²) < 4.78 is 25.9. The number of hydrogen-bond acceptors (Lipinski definition) is 4. The van der Waals surface area contributed by atoms with Gasteiger partial charge < -0.3 is 5.73 Å². The number of nitrogens with two attached hydrogens (primary N) is 1. The number of fused-ring (bicyclic) bond motifs is 1. The van der Waals surface area contributed by atoms with Crippen molar-refractivity contribution in [1.29, 1.82) is 0 Å². The molecule has 5 nitrogen and oxygen atoms in total. The Labute approximate surface area is 108 Å². The maximum Gasteiger partial charge on any atom is 0.220 e. The largest absolute Gasteiger partial charge is 0.392 e. The lowest BCUT2D eigenvalue weighted by Gasteiger charge is -2.41. The van der Waals surface area contributed by atoms with E-state index >= 15 is 0 Å². The van der Waals surface area contributed by atoms with Crippen LogP contribution in [0.5, 0.6) is 0 Å². The Balaban J connectivity index is 2.12. The number of thiocarbonyl (C=S) groups is 1. The monoisotopic (exact) mass is 277 g/mol. The number of sulfonamides is 1. The summed E-state index contributed by atoms with van der Waals surface area (Å²) in [6.07, 6.45) is 2.26. The standard InChI is InChI=1S/C10H19N3O2S2/c1-8-5-12-4-2-3-9(12)6-13(8)17(14,15)7-10(11)16/h8-9H,2-7H2,1H3,(H2,11,16). The molecule has 0 aromatic heterocycles. The highest BCUT2D eigenvalue weighted by Crippen LogP contribution is 2.26. The van der Waals surface area contributed by atoms with Crippen LogP contribution in [0.3, 0.4) is 0 Å². The molecule has 2 atom stereocenters. The molecule has 2 fully saturated rings. The van der Waals surface area contributed by atoms with Gasteiger partial charge in [-0.15, -0.1) is 0 Å². The van der Waals surface area contributed by atoms with Crippen molar-refractivity contribution >= 4 is 27.2 Å². The Bertz CT molecular complexity index is 410. The fourth-order valence-corrected chi connectivity index (χ4v) is 4.80. The van der Waals surface area contributed by atoms with E-state index in [2.05, 4.69) is 4.90 Å². The minimum atomic E-state index is -3.33. The predicted molar refractivity (Wildman–Crippen MR) is 71.3 cm³/mol. The molecule has 0 aromatic rings. The molecular weight excluding hydrogens is 258 g/mol. The van der Waals surface area contributed by atoms with Crippen LogP contribution >= 0.6 is 12.2 Å². The van der Waals surface area contributed by atoms with Gasteiger partial charge in [0.2, 0.25) is 10.0 Å². The Morgan fingerprint density at radius 3 is 2.82 bits per heavy atom. The zero-order valence-corrected chi connectivity index (χ0v) is 11.6. The second kappa shape index (κ2) is 4.79. The van der Waals surface area contributed by atoms with Crippen LogP contribution in [0.4, 0.5) is 0 Å². The van der Waals surface area contributed by atoms with Gasteiger partial charge >= 0.3 is 0 Å². The molecule has 0 saturated carbocycles. The lowest BCUT2D eigenvalue weighted by molar-refractivity contribution is 0.117. The van der Waals surface area contributed by atoms with E-state index in [9.17, 15) is 8.42 Å². The van der Waals surface area contributed by atoms with Gasteiger partial charge in [0.1, 0.15) is 5.75 Å². The lowest BCUT2D eigenvalue weighted by Crippen LogP contribution is -2.57. The smallest absolute Gasteiger partial charge is 0.220 e. The molecule has 0 radical (unpaired) electrons. The van der Waals surface area contributed by atoms with Crippen LogP contribution in [0, 0.1) is 0 Å². The van der Waals surface area contributed by atoms with E-state index in [4.69, 9.17) is 18.0 Å². The lowest BCUT2D eigenvalue weighted by atomic mass is 10.1. The number of piperazine rings is 1. The molecule has 2 saturated heterocycles. The summed E-state index contributed by atoms with van der Waals surface area (Å²) in [5, 5.41) is 0. The maximum absolute atomic E-state index is 12.1. The molecule has 0 spiro atoms.